The molecule has 1 aromatic heterocycles. The summed E-state index contributed by atoms with van der Waals surface area (Å²) in [6.45, 7) is 17.4. The third-order valence-corrected chi connectivity index (χ3v) is 5.39. The second-order valence-electron chi connectivity index (χ2n) is 7.80. The summed E-state index contributed by atoms with van der Waals surface area (Å²) in [7, 11) is 0. The van der Waals surface area contributed by atoms with Crippen molar-refractivity contribution in [1.82, 2.24) is 10.2 Å². The van der Waals surface area contributed by atoms with Gasteiger partial charge in [-0.2, -0.15) is 0 Å². The minimum Gasteiger partial charge on any atom is -0.312 e. The molecule has 0 aromatic carbocycles. The summed E-state index contributed by atoms with van der Waals surface area (Å²) in [5.74, 6) is 0.723. The average Bonchev–Trinajstić information content (AvgIpc) is 2.68. The Balaban J connectivity index is 1.90. The predicted molar refractivity (Wildman–Crippen MR) is 93.9 cm³/mol. The molecule has 1 aliphatic rings. The van der Waals surface area contributed by atoms with Gasteiger partial charge >= 0.3 is 0 Å². The Labute approximate surface area is 134 Å². The third kappa shape index (κ3) is 5.39. The van der Waals surface area contributed by atoms with Crippen LogP contribution in [0.1, 0.15) is 55.9 Å². The number of rotatable bonds is 6. The fraction of sp³-hybridized carbons (Fsp3) is 0.778. The van der Waals surface area contributed by atoms with Gasteiger partial charge in [-0.1, -0.05) is 27.7 Å². The highest BCUT2D eigenvalue weighted by atomic mass is 32.1. The van der Waals surface area contributed by atoms with E-state index in [1.807, 2.05) is 11.3 Å². The van der Waals surface area contributed by atoms with E-state index < -0.39 is 0 Å². The highest BCUT2D eigenvalue weighted by Crippen LogP contribution is 2.30. The molecule has 1 N–H and O–H groups in total. The zero-order valence-corrected chi connectivity index (χ0v) is 15.3. The summed E-state index contributed by atoms with van der Waals surface area (Å²) in [6, 6.07) is 2.43. The van der Waals surface area contributed by atoms with Gasteiger partial charge in [0, 0.05) is 29.4 Å². The molecule has 1 fully saturated rings. The Morgan fingerprint density at radius 2 is 2.14 bits per heavy atom. The molecule has 2 heterocycles. The number of nitrogens with one attached hydrogen (secondary N) is 1. The van der Waals surface area contributed by atoms with Crippen molar-refractivity contribution in [1.29, 1.82) is 0 Å². The largest absolute Gasteiger partial charge is 0.312 e. The van der Waals surface area contributed by atoms with Gasteiger partial charge in [0.15, 0.2) is 0 Å². The van der Waals surface area contributed by atoms with Crippen molar-refractivity contribution in [2.24, 2.45) is 11.3 Å². The molecular weight excluding hydrogens is 276 g/mol. The molecule has 1 aromatic rings. The van der Waals surface area contributed by atoms with E-state index in [1.54, 1.807) is 5.56 Å². The maximum atomic E-state index is 3.56. The van der Waals surface area contributed by atoms with E-state index in [9.17, 15) is 0 Å². The molecular formula is C18H32N2S. The quantitative estimate of drug-likeness (QED) is 0.836. The zero-order valence-electron chi connectivity index (χ0n) is 14.5. The van der Waals surface area contributed by atoms with E-state index in [1.165, 1.54) is 35.7 Å². The SMILES string of the molecule is Cc1sc(CNCC(C)C)cc1CN1CCCC(C)(C)C1. The summed E-state index contributed by atoms with van der Waals surface area (Å²) < 4.78 is 0. The number of nitrogens with zero attached hydrogens (tertiary/aromatic N) is 1. The summed E-state index contributed by atoms with van der Waals surface area (Å²) in [4.78, 5) is 5.63. The van der Waals surface area contributed by atoms with Crippen molar-refractivity contribution < 1.29 is 0 Å². The lowest BCUT2D eigenvalue weighted by atomic mass is 9.84. The van der Waals surface area contributed by atoms with E-state index in [4.69, 9.17) is 0 Å². The van der Waals surface area contributed by atoms with Gasteiger partial charge in [0.1, 0.15) is 0 Å². The van der Waals surface area contributed by atoms with Gasteiger partial charge in [0.05, 0.1) is 0 Å². The standard InChI is InChI=1S/C18H32N2S/c1-14(2)10-19-11-17-9-16(15(3)21-17)12-20-8-6-7-18(4,5)13-20/h9,14,19H,6-8,10-13H2,1-5H3. The number of aryl methyl sites for hydroxylation is 1. The molecule has 2 nitrogen and oxygen atoms in total. The van der Waals surface area contributed by atoms with Crippen LogP contribution in [0.25, 0.3) is 0 Å². The van der Waals surface area contributed by atoms with Crippen molar-refractivity contribution in [2.45, 2.75) is 60.5 Å². The highest BCUT2D eigenvalue weighted by Gasteiger charge is 2.26. The Bertz CT molecular complexity index is 448. The second kappa shape index (κ2) is 7.26. The second-order valence-corrected chi connectivity index (χ2v) is 9.14. The molecule has 0 radical (unpaired) electrons. The van der Waals surface area contributed by atoms with E-state index >= 15 is 0 Å². The Morgan fingerprint density at radius 1 is 1.38 bits per heavy atom. The lowest BCUT2D eigenvalue weighted by Crippen LogP contribution is -2.39. The van der Waals surface area contributed by atoms with Crippen molar-refractivity contribution in [3.8, 4) is 0 Å². The van der Waals surface area contributed by atoms with Crippen LogP contribution in [0, 0.1) is 18.3 Å². The first-order chi connectivity index (χ1) is 9.85. The normalized spacial score (nSPS) is 19.3. The van der Waals surface area contributed by atoms with E-state index in [0.29, 0.717) is 5.41 Å². The van der Waals surface area contributed by atoms with Crippen LogP contribution < -0.4 is 5.32 Å². The first-order valence-electron chi connectivity index (χ1n) is 8.37. The number of piperidine rings is 1. The third-order valence-electron chi connectivity index (χ3n) is 4.30. The fourth-order valence-electron chi connectivity index (χ4n) is 3.24. The van der Waals surface area contributed by atoms with Crippen molar-refractivity contribution >= 4 is 11.3 Å². The van der Waals surface area contributed by atoms with Crippen molar-refractivity contribution in [3.05, 3.63) is 21.4 Å². The molecule has 3 heteroatoms. The molecule has 0 aliphatic carbocycles. The van der Waals surface area contributed by atoms with Gasteiger partial charge in [0.25, 0.3) is 0 Å². The summed E-state index contributed by atoms with van der Waals surface area (Å²) >= 11 is 1.97. The van der Waals surface area contributed by atoms with Crippen LogP contribution in [0.4, 0.5) is 0 Å². The summed E-state index contributed by atoms with van der Waals surface area (Å²) in [5, 5.41) is 3.56. The van der Waals surface area contributed by atoms with Crippen LogP contribution in [-0.4, -0.2) is 24.5 Å². The predicted octanol–water partition coefficient (Wildman–Crippen LogP) is 4.42. The van der Waals surface area contributed by atoms with Gasteiger partial charge in [0.2, 0.25) is 0 Å². The fourth-order valence-corrected chi connectivity index (χ4v) is 4.26. The van der Waals surface area contributed by atoms with E-state index in [0.717, 1.165) is 25.6 Å². The maximum absolute atomic E-state index is 3.56. The minimum absolute atomic E-state index is 0.490. The monoisotopic (exact) mass is 308 g/mol. The molecule has 120 valence electrons. The molecule has 0 atom stereocenters. The summed E-state index contributed by atoms with van der Waals surface area (Å²) in [6.07, 6.45) is 2.72. The molecule has 1 aliphatic heterocycles. The highest BCUT2D eigenvalue weighted by molar-refractivity contribution is 7.12. The van der Waals surface area contributed by atoms with Crippen LogP contribution >= 0.6 is 11.3 Å². The van der Waals surface area contributed by atoms with Gasteiger partial charge in [-0.3, -0.25) is 4.90 Å². The zero-order chi connectivity index (χ0) is 15.5. The van der Waals surface area contributed by atoms with Crippen LogP contribution in [0.2, 0.25) is 0 Å². The number of hydrogen-bond acceptors (Lipinski definition) is 3. The Hall–Kier alpha value is -0.380. The molecule has 0 spiro atoms. The molecule has 0 amide bonds. The van der Waals surface area contributed by atoms with Gasteiger partial charge in [-0.25, -0.2) is 0 Å². The molecule has 0 unspecified atom stereocenters. The topological polar surface area (TPSA) is 15.3 Å². The Kier molecular flexibility index (Phi) is 5.87. The molecule has 21 heavy (non-hydrogen) atoms. The number of hydrogen-bond donors (Lipinski definition) is 1. The lowest BCUT2D eigenvalue weighted by molar-refractivity contribution is 0.111. The molecule has 0 bridgehead atoms. The van der Waals surface area contributed by atoms with Crippen LogP contribution in [0.3, 0.4) is 0 Å². The van der Waals surface area contributed by atoms with E-state index in [-0.39, 0.29) is 0 Å². The minimum atomic E-state index is 0.490. The average molecular weight is 309 g/mol. The van der Waals surface area contributed by atoms with Crippen LogP contribution in [0.5, 0.6) is 0 Å². The summed E-state index contributed by atoms with van der Waals surface area (Å²) in [5.41, 5.74) is 2.03. The molecule has 2 rings (SSSR count). The van der Waals surface area contributed by atoms with Crippen LogP contribution in [-0.2, 0) is 13.1 Å². The first-order valence-corrected chi connectivity index (χ1v) is 9.19. The number of likely N-dealkylation sites (tertiary alicyclic amines) is 1. The van der Waals surface area contributed by atoms with Gasteiger partial charge in [-0.05, 0) is 55.8 Å². The maximum Gasteiger partial charge on any atom is 0.0300 e. The molecule has 0 saturated carbocycles. The first kappa shape index (κ1) is 17.0. The number of thiophene rings is 1. The smallest absolute Gasteiger partial charge is 0.0300 e. The van der Waals surface area contributed by atoms with Crippen molar-refractivity contribution in [3.63, 3.8) is 0 Å². The molecule has 1 saturated heterocycles. The lowest BCUT2D eigenvalue weighted by Gasteiger charge is -2.38. The Morgan fingerprint density at radius 3 is 2.81 bits per heavy atom. The van der Waals surface area contributed by atoms with Crippen molar-refractivity contribution in [2.75, 3.05) is 19.6 Å². The van der Waals surface area contributed by atoms with Gasteiger partial charge < -0.3 is 5.32 Å². The van der Waals surface area contributed by atoms with E-state index in [2.05, 4.69) is 50.9 Å². The van der Waals surface area contributed by atoms with Gasteiger partial charge in [-0.15, -0.1) is 11.3 Å². The van der Waals surface area contributed by atoms with Crippen LogP contribution in [0.15, 0.2) is 6.07 Å².